The summed E-state index contributed by atoms with van der Waals surface area (Å²) in [7, 11) is 0. The van der Waals surface area contributed by atoms with Crippen molar-refractivity contribution >= 4 is 21.4 Å². The van der Waals surface area contributed by atoms with Gasteiger partial charge in [0.1, 0.15) is 12.4 Å². The molecule has 0 amide bonds. The van der Waals surface area contributed by atoms with E-state index in [0.29, 0.717) is 12.4 Å². The lowest BCUT2D eigenvalue weighted by Gasteiger charge is -2.17. The second-order valence-electron chi connectivity index (χ2n) is 11.1. The number of nitrogens with zero attached hydrogens (tertiary/aromatic N) is 2. The fourth-order valence-electron chi connectivity index (χ4n) is 6.05. The molecule has 4 aromatic rings. The van der Waals surface area contributed by atoms with Gasteiger partial charge in [-0.2, -0.15) is 0 Å². The number of ether oxygens (including phenoxy) is 1. The van der Waals surface area contributed by atoms with Gasteiger partial charge in [-0.15, -0.1) is 11.3 Å². The molecule has 2 saturated heterocycles. The van der Waals surface area contributed by atoms with E-state index in [4.69, 9.17) is 4.74 Å². The lowest BCUT2D eigenvalue weighted by molar-refractivity contribution is 0.231. The number of thiophene rings is 1. The summed E-state index contributed by atoms with van der Waals surface area (Å²) in [5.74, 6) is 0.971. The fourth-order valence-corrected chi connectivity index (χ4v) is 7.30. The minimum Gasteiger partial charge on any atom is -0.508 e. The number of phenolic OH excluding ortho intramolecular Hbond substituents is 2. The van der Waals surface area contributed by atoms with Crippen molar-refractivity contribution in [2.24, 2.45) is 0 Å². The lowest BCUT2D eigenvalue weighted by atomic mass is 9.96. The largest absolute Gasteiger partial charge is 0.508 e. The van der Waals surface area contributed by atoms with Crippen molar-refractivity contribution in [3.63, 3.8) is 0 Å². The molecule has 2 aliphatic heterocycles. The summed E-state index contributed by atoms with van der Waals surface area (Å²) in [4.78, 5) is 6.07. The summed E-state index contributed by atoms with van der Waals surface area (Å²) in [6.45, 7) is 9.40. The molecular weight excluding hydrogens is 504 g/mol. The minimum atomic E-state index is 0.169. The van der Waals surface area contributed by atoms with E-state index in [1.165, 1.54) is 61.0 Å². The van der Waals surface area contributed by atoms with Crippen molar-refractivity contribution in [2.45, 2.75) is 45.6 Å². The van der Waals surface area contributed by atoms with Gasteiger partial charge in [0.15, 0.2) is 11.5 Å². The van der Waals surface area contributed by atoms with Crippen LogP contribution in [0.2, 0.25) is 0 Å². The maximum absolute atomic E-state index is 10.9. The molecule has 2 N–H and O–H groups in total. The van der Waals surface area contributed by atoms with Gasteiger partial charge in [-0.25, -0.2) is 0 Å². The SMILES string of the molecule is Cc1cc(Cc2c(-c3ccc(OCCN4CCCC4)c(O)c3)sc3cc(O)ccc23)ccc1CN1CCCC1. The van der Waals surface area contributed by atoms with Gasteiger partial charge in [-0.1, -0.05) is 18.2 Å². The monoisotopic (exact) mass is 542 g/mol. The predicted molar refractivity (Wildman–Crippen MR) is 160 cm³/mol. The van der Waals surface area contributed by atoms with Crippen molar-refractivity contribution in [3.8, 4) is 27.7 Å². The van der Waals surface area contributed by atoms with Crippen molar-refractivity contribution < 1.29 is 14.9 Å². The molecule has 39 heavy (non-hydrogen) atoms. The molecule has 5 nitrogen and oxygen atoms in total. The quantitative estimate of drug-likeness (QED) is 0.240. The Kier molecular flexibility index (Phi) is 7.78. The van der Waals surface area contributed by atoms with Crippen molar-refractivity contribution in [1.29, 1.82) is 0 Å². The summed E-state index contributed by atoms with van der Waals surface area (Å²) in [5.41, 5.74) is 6.22. The van der Waals surface area contributed by atoms with Gasteiger partial charge in [0, 0.05) is 22.7 Å². The molecule has 6 heteroatoms. The molecule has 0 unspecified atom stereocenters. The third-order valence-corrected chi connectivity index (χ3v) is 9.49. The maximum atomic E-state index is 10.9. The van der Waals surface area contributed by atoms with Crippen molar-refractivity contribution in [1.82, 2.24) is 9.80 Å². The molecule has 2 fully saturated rings. The number of aromatic hydroxyl groups is 2. The summed E-state index contributed by atoms with van der Waals surface area (Å²) < 4.78 is 6.99. The lowest BCUT2D eigenvalue weighted by Crippen LogP contribution is -2.25. The van der Waals surface area contributed by atoms with E-state index < -0.39 is 0 Å². The third kappa shape index (κ3) is 5.93. The first-order chi connectivity index (χ1) is 19.0. The number of phenols is 2. The summed E-state index contributed by atoms with van der Waals surface area (Å²) in [6.07, 6.45) is 5.93. The highest BCUT2D eigenvalue weighted by Crippen LogP contribution is 2.43. The van der Waals surface area contributed by atoms with E-state index in [-0.39, 0.29) is 11.5 Å². The minimum absolute atomic E-state index is 0.169. The van der Waals surface area contributed by atoms with Crippen molar-refractivity contribution in [2.75, 3.05) is 39.3 Å². The van der Waals surface area contributed by atoms with Crippen LogP contribution in [0.15, 0.2) is 54.6 Å². The molecule has 0 saturated carbocycles. The Morgan fingerprint density at radius 3 is 2.36 bits per heavy atom. The van der Waals surface area contributed by atoms with E-state index in [9.17, 15) is 10.2 Å². The first-order valence-corrected chi connectivity index (χ1v) is 15.1. The van der Waals surface area contributed by atoms with Crippen LogP contribution in [0.3, 0.4) is 0 Å². The summed E-state index contributed by atoms with van der Waals surface area (Å²) >= 11 is 1.66. The normalized spacial score (nSPS) is 16.4. The number of hydrogen-bond acceptors (Lipinski definition) is 6. The van der Waals surface area contributed by atoms with Crippen LogP contribution in [0.4, 0.5) is 0 Å². The van der Waals surface area contributed by atoms with Gasteiger partial charge in [-0.3, -0.25) is 9.80 Å². The Bertz CT molecular complexity index is 1450. The average Bonchev–Trinajstić information content (AvgIpc) is 3.69. The van der Waals surface area contributed by atoms with Crippen LogP contribution < -0.4 is 4.74 Å². The second kappa shape index (κ2) is 11.6. The standard InChI is InChI=1S/C33H38N2O3S/c1-23-18-24(6-7-26(23)22-35-14-4-5-15-35)19-29-28-10-9-27(36)21-32(28)39-33(29)25-8-11-31(30(37)20-25)38-17-16-34-12-2-3-13-34/h6-11,18,20-21,36-37H,2-5,12-17,19,22H2,1H3. The molecule has 0 aliphatic carbocycles. The highest BCUT2D eigenvalue weighted by Gasteiger charge is 2.18. The molecule has 204 valence electrons. The third-order valence-electron chi connectivity index (χ3n) is 8.24. The number of likely N-dealkylation sites (tertiary alicyclic amines) is 2. The molecule has 2 aliphatic rings. The number of fused-ring (bicyclic) bond motifs is 1. The predicted octanol–water partition coefficient (Wildman–Crippen LogP) is 6.95. The van der Waals surface area contributed by atoms with Crippen LogP contribution in [-0.2, 0) is 13.0 Å². The van der Waals surface area contributed by atoms with Crippen LogP contribution >= 0.6 is 11.3 Å². The molecule has 0 atom stereocenters. The zero-order valence-electron chi connectivity index (χ0n) is 22.8. The van der Waals surface area contributed by atoms with E-state index in [1.807, 2.05) is 30.3 Å². The first kappa shape index (κ1) is 26.2. The van der Waals surface area contributed by atoms with Gasteiger partial charge >= 0.3 is 0 Å². The second-order valence-corrected chi connectivity index (χ2v) is 12.1. The average molecular weight is 543 g/mol. The molecule has 0 spiro atoms. The zero-order chi connectivity index (χ0) is 26.8. The van der Waals surface area contributed by atoms with E-state index in [1.54, 1.807) is 17.4 Å². The molecular formula is C33H38N2O3S. The van der Waals surface area contributed by atoms with Crippen LogP contribution in [0, 0.1) is 6.92 Å². The van der Waals surface area contributed by atoms with Gasteiger partial charge in [0.05, 0.1) is 0 Å². The molecule has 3 heterocycles. The molecule has 6 rings (SSSR count). The van der Waals surface area contributed by atoms with Crippen LogP contribution in [0.5, 0.6) is 17.2 Å². The smallest absolute Gasteiger partial charge is 0.161 e. The Morgan fingerprint density at radius 2 is 1.62 bits per heavy atom. The van der Waals surface area contributed by atoms with E-state index in [2.05, 4.69) is 34.9 Å². The maximum Gasteiger partial charge on any atom is 0.161 e. The topological polar surface area (TPSA) is 56.2 Å². The Balaban J connectivity index is 1.26. The first-order valence-electron chi connectivity index (χ1n) is 14.3. The van der Waals surface area contributed by atoms with Gasteiger partial charge in [0.2, 0.25) is 0 Å². The van der Waals surface area contributed by atoms with Gasteiger partial charge < -0.3 is 14.9 Å². The summed E-state index contributed by atoms with van der Waals surface area (Å²) in [6, 6.07) is 18.3. The Labute approximate surface area is 235 Å². The number of rotatable bonds is 9. The highest BCUT2D eigenvalue weighted by atomic mass is 32.1. The van der Waals surface area contributed by atoms with Gasteiger partial charge in [0.25, 0.3) is 0 Å². The number of benzene rings is 3. The molecule has 0 radical (unpaired) electrons. The molecule has 1 aromatic heterocycles. The van der Waals surface area contributed by atoms with Crippen molar-refractivity contribution in [3.05, 3.63) is 76.9 Å². The Hall–Kier alpha value is -3.06. The van der Waals surface area contributed by atoms with E-state index in [0.717, 1.165) is 53.1 Å². The zero-order valence-corrected chi connectivity index (χ0v) is 23.6. The molecule has 3 aromatic carbocycles. The summed E-state index contributed by atoms with van der Waals surface area (Å²) in [5, 5.41) is 22.2. The highest BCUT2D eigenvalue weighted by molar-refractivity contribution is 7.22. The fraction of sp³-hybridized carbons (Fsp3) is 0.394. The number of aryl methyl sites for hydroxylation is 1. The van der Waals surface area contributed by atoms with Gasteiger partial charge in [-0.05, 0) is 135 Å². The Morgan fingerprint density at radius 1 is 0.846 bits per heavy atom. The van der Waals surface area contributed by atoms with Crippen LogP contribution in [0.25, 0.3) is 20.5 Å². The van der Waals surface area contributed by atoms with Crippen LogP contribution in [0.1, 0.15) is 47.9 Å². The van der Waals surface area contributed by atoms with Crippen LogP contribution in [-0.4, -0.2) is 59.3 Å². The number of hydrogen-bond donors (Lipinski definition) is 2. The van der Waals surface area contributed by atoms with E-state index >= 15 is 0 Å². The molecule has 0 bridgehead atoms.